The molecule has 0 saturated carbocycles. The van der Waals surface area contributed by atoms with E-state index in [0.717, 1.165) is 25.0 Å². The van der Waals surface area contributed by atoms with E-state index in [-0.39, 0.29) is 11.7 Å². The number of rotatable bonds is 4. The lowest BCUT2D eigenvalue weighted by Gasteiger charge is -2.38. The van der Waals surface area contributed by atoms with Gasteiger partial charge in [0.25, 0.3) is 0 Å². The zero-order chi connectivity index (χ0) is 19.7. The minimum absolute atomic E-state index is 0.0968. The van der Waals surface area contributed by atoms with E-state index in [2.05, 4.69) is 47.9 Å². The average molecular weight is 400 g/mol. The Labute approximate surface area is 171 Å². The summed E-state index contributed by atoms with van der Waals surface area (Å²) in [5, 5.41) is 3.43. The number of nitrogens with two attached hydrogens (primary N) is 1. The van der Waals surface area contributed by atoms with Crippen LogP contribution in [0.15, 0.2) is 66.0 Å². The molecule has 3 N–H and O–H groups in total. The van der Waals surface area contributed by atoms with Gasteiger partial charge >= 0.3 is 0 Å². The first-order chi connectivity index (χ1) is 13.5. The Morgan fingerprint density at radius 2 is 2.14 bits per heavy atom. The number of nitrogens with one attached hydrogen (secondary N) is 1. The van der Waals surface area contributed by atoms with Crippen molar-refractivity contribution in [3.05, 3.63) is 77.1 Å². The standard InChI is InChI=1S/C22H26FN3OS/c1-14-6-2-5-9-18(23)20(14)26(21(24)28)22-25-19(13-27-22)17-11-10-15-7-3-4-8-16(15)12-17/h2-8,13-14,17,20-22,25,28H,10-12,24H2,1H3/t14-,17?,20?,21?,22?/m1/s1. The molecular formula is C22H26FN3OS. The molecule has 1 aromatic rings. The van der Waals surface area contributed by atoms with E-state index in [1.807, 2.05) is 13.0 Å². The summed E-state index contributed by atoms with van der Waals surface area (Å²) < 4.78 is 20.6. The summed E-state index contributed by atoms with van der Waals surface area (Å²) in [5.41, 5.74) is 11.9. The normalized spacial score (nSPS) is 30.0. The van der Waals surface area contributed by atoms with E-state index in [0.29, 0.717) is 5.92 Å². The lowest BCUT2D eigenvalue weighted by atomic mass is 9.82. The molecule has 0 amide bonds. The zero-order valence-electron chi connectivity index (χ0n) is 15.9. The van der Waals surface area contributed by atoms with Gasteiger partial charge in [-0.1, -0.05) is 49.1 Å². The van der Waals surface area contributed by atoms with E-state index in [9.17, 15) is 4.39 Å². The molecule has 4 nitrogen and oxygen atoms in total. The van der Waals surface area contributed by atoms with E-state index in [1.165, 1.54) is 11.1 Å². The third-order valence-corrected chi connectivity index (χ3v) is 6.05. The zero-order valence-corrected chi connectivity index (χ0v) is 16.8. The van der Waals surface area contributed by atoms with Crippen LogP contribution in [0.1, 0.15) is 24.5 Å². The number of benzene rings is 1. The van der Waals surface area contributed by atoms with Crippen LogP contribution in [0.3, 0.4) is 0 Å². The van der Waals surface area contributed by atoms with Gasteiger partial charge < -0.3 is 15.8 Å². The van der Waals surface area contributed by atoms with Gasteiger partial charge in [-0.2, -0.15) is 0 Å². The van der Waals surface area contributed by atoms with Crippen molar-refractivity contribution >= 4 is 12.6 Å². The molecule has 0 fully saturated rings. The van der Waals surface area contributed by atoms with Crippen LogP contribution in [-0.2, 0) is 17.6 Å². The molecule has 3 aliphatic rings. The average Bonchev–Trinajstić information content (AvgIpc) is 3.11. The van der Waals surface area contributed by atoms with Crippen molar-refractivity contribution in [1.29, 1.82) is 0 Å². The number of hydrogen-bond donors (Lipinski definition) is 3. The summed E-state index contributed by atoms with van der Waals surface area (Å²) in [6.07, 6.45) is 9.60. The second-order valence-corrected chi connectivity index (χ2v) is 8.15. The number of nitrogens with zero attached hydrogens (tertiary/aromatic N) is 1. The molecule has 0 radical (unpaired) electrons. The maximum Gasteiger partial charge on any atom is 0.231 e. The summed E-state index contributed by atoms with van der Waals surface area (Å²) in [7, 11) is 0. The lowest BCUT2D eigenvalue weighted by Crippen LogP contribution is -2.57. The van der Waals surface area contributed by atoms with Crippen LogP contribution in [0, 0.1) is 11.8 Å². The molecule has 5 atom stereocenters. The molecule has 0 spiro atoms. The van der Waals surface area contributed by atoms with Crippen molar-refractivity contribution in [2.45, 2.75) is 44.1 Å². The van der Waals surface area contributed by atoms with Crippen molar-refractivity contribution in [1.82, 2.24) is 10.2 Å². The number of aryl methyl sites for hydroxylation is 1. The first-order valence-corrected chi connectivity index (χ1v) is 10.2. The molecular weight excluding hydrogens is 373 g/mol. The van der Waals surface area contributed by atoms with Gasteiger partial charge in [-0.15, -0.1) is 12.6 Å². The molecule has 0 aromatic heterocycles. The quantitative estimate of drug-likeness (QED) is 0.411. The fourth-order valence-corrected chi connectivity index (χ4v) is 4.57. The van der Waals surface area contributed by atoms with Crippen LogP contribution in [0.5, 0.6) is 0 Å². The van der Waals surface area contributed by atoms with Gasteiger partial charge in [0.05, 0.1) is 11.7 Å². The fraction of sp³-hybridized carbons (Fsp3) is 0.409. The Kier molecular flexibility index (Phi) is 5.65. The largest absolute Gasteiger partial charge is 0.463 e. The molecule has 28 heavy (non-hydrogen) atoms. The van der Waals surface area contributed by atoms with E-state index >= 15 is 0 Å². The number of allylic oxidation sites excluding steroid dienone is 2. The number of thiol groups is 1. The second-order valence-electron chi connectivity index (χ2n) is 7.62. The highest BCUT2D eigenvalue weighted by molar-refractivity contribution is 7.80. The Bertz CT molecular complexity index is 859. The molecule has 1 aromatic carbocycles. The van der Waals surface area contributed by atoms with Gasteiger partial charge in [0, 0.05) is 5.92 Å². The van der Waals surface area contributed by atoms with Crippen LogP contribution in [0.25, 0.3) is 0 Å². The highest BCUT2D eigenvalue weighted by Crippen LogP contribution is 2.33. The Morgan fingerprint density at radius 1 is 1.36 bits per heavy atom. The van der Waals surface area contributed by atoms with E-state index in [1.54, 1.807) is 23.3 Å². The van der Waals surface area contributed by atoms with Crippen molar-refractivity contribution < 1.29 is 9.13 Å². The lowest BCUT2D eigenvalue weighted by molar-refractivity contribution is -0.0448. The van der Waals surface area contributed by atoms with Gasteiger partial charge in [0.2, 0.25) is 6.35 Å². The summed E-state index contributed by atoms with van der Waals surface area (Å²) in [5.74, 6) is -0.113. The van der Waals surface area contributed by atoms with E-state index < -0.39 is 17.9 Å². The maximum absolute atomic E-state index is 14.7. The van der Waals surface area contributed by atoms with Gasteiger partial charge in [-0.05, 0) is 42.4 Å². The molecule has 1 heterocycles. The smallest absolute Gasteiger partial charge is 0.231 e. The molecule has 1 aliphatic heterocycles. The number of fused-ring (bicyclic) bond motifs is 1. The molecule has 148 valence electrons. The third-order valence-electron chi connectivity index (χ3n) is 5.79. The minimum atomic E-state index is -0.691. The summed E-state index contributed by atoms with van der Waals surface area (Å²) >= 11 is 4.41. The molecule has 2 aliphatic carbocycles. The number of hydrogen-bond acceptors (Lipinski definition) is 5. The molecule has 4 rings (SSSR count). The predicted octanol–water partition coefficient (Wildman–Crippen LogP) is 3.59. The Balaban J connectivity index is 1.50. The van der Waals surface area contributed by atoms with Crippen molar-refractivity contribution in [2.24, 2.45) is 17.6 Å². The summed E-state index contributed by atoms with van der Waals surface area (Å²) in [6.45, 7) is 1.95. The van der Waals surface area contributed by atoms with Crippen LogP contribution in [0.2, 0.25) is 0 Å². The van der Waals surface area contributed by atoms with E-state index in [4.69, 9.17) is 10.5 Å². The van der Waals surface area contributed by atoms with Crippen LogP contribution in [-0.4, -0.2) is 22.8 Å². The highest BCUT2D eigenvalue weighted by Gasteiger charge is 2.39. The minimum Gasteiger partial charge on any atom is -0.463 e. The summed E-state index contributed by atoms with van der Waals surface area (Å²) in [6, 6.07) is 7.97. The Morgan fingerprint density at radius 3 is 2.93 bits per heavy atom. The molecule has 6 heteroatoms. The van der Waals surface area contributed by atoms with Crippen LogP contribution in [0.4, 0.5) is 4.39 Å². The first kappa shape index (κ1) is 19.3. The second kappa shape index (κ2) is 8.18. The molecule has 0 bridgehead atoms. The van der Waals surface area contributed by atoms with Crippen molar-refractivity contribution in [2.75, 3.05) is 0 Å². The van der Waals surface area contributed by atoms with Gasteiger partial charge in [0.1, 0.15) is 11.8 Å². The number of halogens is 1. The van der Waals surface area contributed by atoms with Crippen LogP contribution < -0.4 is 11.1 Å². The molecule has 0 saturated heterocycles. The van der Waals surface area contributed by atoms with Gasteiger partial charge in [-0.3, -0.25) is 0 Å². The fourth-order valence-electron chi connectivity index (χ4n) is 4.30. The Hall–Kier alpha value is -1.98. The third kappa shape index (κ3) is 3.78. The SMILES string of the molecule is C[C@@H]1C=CC=C=C(F)C1N(C(N)S)C1NC(C2CCc3ccccc3C2)=CO1. The molecule has 4 unspecified atom stereocenters. The maximum atomic E-state index is 14.7. The first-order valence-electron chi connectivity index (χ1n) is 9.73. The highest BCUT2D eigenvalue weighted by atomic mass is 32.1. The van der Waals surface area contributed by atoms with Crippen LogP contribution >= 0.6 is 12.6 Å². The van der Waals surface area contributed by atoms with Crippen molar-refractivity contribution in [3.63, 3.8) is 0 Å². The predicted molar refractivity (Wildman–Crippen MR) is 112 cm³/mol. The van der Waals surface area contributed by atoms with Gasteiger partial charge in [-0.25, -0.2) is 9.29 Å². The summed E-state index contributed by atoms with van der Waals surface area (Å²) in [4.78, 5) is 1.72. The van der Waals surface area contributed by atoms with Gasteiger partial charge in [0.15, 0.2) is 5.83 Å². The van der Waals surface area contributed by atoms with Crippen molar-refractivity contribution in [3.8, 4) is 0 Å². The monoisotopic (exact) mass is 399 g/mol. The number of ether oxygens (including phenoxy) is 1. The topological polar surface area (TPSA) is 50.5 Å².